The molecule has 10 aliphatic carbocycles. The van der Waals surface area contributed by atoms with Crippen LogP contribution in [-0.2, 0) is 22.4 Å². The Morgan fingerprint density at radius 3 is 1.48 bits per heavy atom. The number of aryl methyl sites for hydroxylation is 2. The zero-order valence-electron chi connectivity index (χ0n) is 52.3. The number of benzene rings is 2. The third-order valence-electron chi connectivity index (χ3n) is 23.6. The Balaban J connectivity index is 0.000000188. The molecule has 2 aromatic rings. The van der Waals surface area contributed by atoms with Gasteiger partial charge >= 0.3 is 51.4 Å². The zero-order chi connectivity index (χ0) is 57.3. The van der Waals surface area contributed by atoms with Crippen molar-refractivity contribution < 1.29 is 76.7 Å². The van der Waals surface area contributed by atoms with Gasteiger partial charge in [-0.1, -0.05) is 111 Å². The second-order valence-electron chi connectivity index (χ2n) is 27.9. The number of terminal acetylenes is 1. The fourth-order valence-electron chi connectivity index (χ4n) is 18.8. The maximum absolute atomic E-state index is 12.1. The average Bonchev–Trinajstić information content (AvgIpc) is 4.48. The van der Waals surface area contributed by atoms with Crippen molar-refractivity contribution in [1.29, 1.82) is 0 Å². The summed E-state index contributed by atoms with van der Waals surface area (Å²) in [5.74, 6) is 21.1. The molecule has 0 saturated heterocycles. The van der Waals surface area contributed by atoms with E-state index in [0.29, 0.717) is 75.8 Å². The third kappa shape index (κ3) is 16.4. The van der Waals surface area contributed by atoms with Crippen molar-refractivity contribution >= 4 is 39.9 Å². The quantitative estimate of drug-likeness (QED) is 0.0517. The molecule has 0 radical (unpaired) electrons. The summed E-state index contributed by atoms with van der Waals surface area (Å²) in [7, 11) is 0. The molecule has 18 atom stereocenters. The molecular formula is C72H108IKN2O5. The number of ketones is 2. The van der Waals surface area contributed by atoms with Crippen molar-refractivity contribution in [2.75, 3.05) is 0 Å². The van der Waals surface area contributed by atoms with Gasteiger partial charge in [0.1, 0.15) is 23.1 Å². The number of carbonyl (C=O) groups excluding carboxylic acids is 2. The van der Waals surface area contributed by atoms with Crippen molar-refractivity contribution in [2.45, 2.75) is 228 Å². The molecule has 8 fully saturated rings. The van der Waals surface area contributed by atoms with E-state index in [9.17, 15) is 19.8 Å². The maximum Gasteiger partial charge on any atom is 1.00 e. The van der Waals surface area contributed by atoms with E-state index < -0.39 is 0 Å². The van der Waals surface area contributed by atoms with Gasteiger partial charge in [-0.2, -0.15) is 5.10 Å². The van der Waals surface area contributed by atoms with E-state index in [1.54, 1.807) is 13.8 Å². The van der Waals surface area contributed by atoms with Gasteiger partial charge in [0.15, 0.2) is 0 Å². The summed E-state index contributed by atoms with van der Waals surface area (Å²) in [6, 6.07) is 12.0. The van der Waals surface area contributed by atoms with Crippen LogP contribution in [0.2, 0.25) is 0 Å². The van der Waals surface area contributed by atoms with E-state index in [-0.39, 0.29) is 62.3 Å². The second-order valence-corrected chi connectivity index (χ2v) is 29.3. The fourth-order valence-corrected chi connectivity index (χ4v) is 19.8. The second kappa shape index (κ2) is 31.7. The van der Waals surface area contributed by atoms with Gasteiger partial charge in [0.25, 0.3) is 0 Å². The number of fused-ring (bicyclic) bond motifs is 10. The molecule has 12 rings (SSSR count). The van der Waals surface area contributed by atoms with Crippen LogP contribution >= 0.6 is 22.6 Å². The Labute approximate surface area is 549 Å². The van der Waals surface area contributed by atoms with E-state index in [0.717, 1.165) is 78.7 Å². The van der Waals surface area contributed by atoms with Crippen LogP contribution < -0.4 is 57.2 Å². The van der Waals surface area contributed by atoms with Crippen molar-refractivity contribution in [2.24, 2.45) is 105 Å². The number of hydrogen-bond acceptors (Lipinski definition) is 7. The smallest absolute Gasteiger partial charge is 0.870 e. The van der Waals surface area contributed by atoms with Crippen LogP contribution in [0.15, 0.2) is 64.3 Å². The minimum absolute atomic E-state index is 0. The molecule has 81 heavy (non-hydrogen) atoms. The first-order valence-corrected chi connectivity index (χ1v) is 33.1. The van der Waals surface area contributed by atoms with Crippen LogP contribution in [0.5, 0.6) is 11.5 Å². The van der Waals surface area contributed by atoms with Gasteiger partial charge < -0.3 is 21.5 Å². The van der Waals surface area contributed by atoms with Gasteiger partial charge in [-0.15, -0.1) is 18.9 Å². The zero-order valence-corrected chi connectivity index (χ0v) is 57.6. The Morgan fingerprint density at radius 2 is 1.10 bits per heavy atom. The topological polar surface area (TPSA) is 143 Å². The van der Waals surface area contributed by atoms with E-state index in [2.05, 4.69) is 107 Å². The number of hydrogen-bond donors (Lipinski definition) is 3. The molecule has 8 saturated carbocycles. The molecule has 0 spiro atoms. The summed E-state index contributed by atoms with van der Waals surface area (Å²) < 4.78 is 1.36. The summed E-state index contributed by atoms with van der Waals surface area (Å²) in [6.45, 7) is 27.3. The van der Waals surface area contributed by atoms with Gasteiger partial charge in [-0.3, -0.25) is 9.59 Å². The number of aromatic hydroxyl groups is 2. The van der Waals surface area contributed by atoms with Crippen molar-refractivity contribution in [3.8, 4) is 23.8 Å². The number of nitrogens with two attached hydrogens (primary N) is 1. The van der Waals surface area contributed by atoms with E-state index in [4.69, 9.17) is 12.3 Å². The minimum Gasteiger partial charge on any atom is -0.870 e. The average molecular weight is 1250 g/mol. The maximum atomic E-state index is 12.1. The summed E-state index contributed by atoms with van der Waals surface area (Å²) in [6.07, 6.45) is 38.5. The molecule has 0 heterocycles. The number of hydrazone groups is 1. The molecular weight excluding hydrogens is 1140 g/mol. The SMILES string of the molecule is C#CC1CCC2C3CCc4cc(O)ccc4C3CC[C@]12C.C/C(=N/N)C1CCC[C@H]1C.C=C(I)C1CCC[C@H]1C.C=CC1CCC[C@H]1C.CC(=O)C1CCC[C@H]1C.CC(=O)[C@H]1CCC2C3CCc4cc(O)ccc4C3CC[C@@]21C.[K+].[OH-]. The van der Waals surface area contributed by atoms with Gasteiger partial charge in [-0.25, -0.2) is 0 Å². The van der Waals surface area contributed by atoms with Crippen molar-refractivity contribution in [3.05, 3.63) is 81.5 Å². The van der Waals surface area contributed by atoms with Crippen molar-refractivity contribution in [3.63, 3.8) is 0 Å². The predicted octanol–water partition coefficient (Wildman–Crippen LogP) is 15.5. The molecule has 0 amide bonds. The predicted molar refractivity (Wildman–Crippen MR) is 341 cm³/mol. The number of rotatable bonds is 5. The molecule has 5 N–H and O–H groups in total. The number of phenols is 2. The fraction of sp³-hybridized carbons (Fsp3) is 0.708. The molecule has 0 aliphatic heterocycles. The molecule has 11 unspecified atom stereocenters. The number of halogens is 1. The van der Waals surface area contributed by atoms with Gasteiger partial charge in [-0.05, 0) is 284 Å². The van der Waals surface area contributed by atoms with Crippen LogP contribution in [0.4, 0.5) is 0 Å². The van der Waals surface area contributed by atoms with E-state index in [1.807, 2.05) is 31.2 Å². The van der Waals surface area contributed by atoms with Crippen LogP contribution in [-0.4, -0.2) is 33.0 Å². The first-order chi connectivity index (χ1) is 37.7. The monoisotopic (exact) mass is 1250 g/mol. The van der Waals surface area contributed by atoms with Crippen LogP contribution in [0.3, 0.4) is 0 Å². The minimum atomic E-state index is 0. The number of allylic oxidation sites excluding steroid dienone is 2. The normalized spacial score (nSPS) is 37.1. The Bertz CT molecular complexity index is 2450. The van der Waals surface area contributed by atoms with Gasteiger partial charge in [0.2, 0.25) is 0 Å². The first-order valence-electron chi connectivity index (χ1n) is 32.0. The molecule has 0 aromatic heterocycles. The standard InChI is InChI=1S/C20H26O2.C20H24O.C8H13I.C8H16N2.C8H14O.C8H14.K.H2O/c1-12(21)18-7-8-19-17-5-3-13-11-14(22)4-6-15(13)16(17)9-10-20(18,19)2;1-3-14-5-9-19-18-7-4-13-12-15(21)6-8-16(13)17(18)10-11-20(14,19)2;1-6-4-3-5-8(6)7(2)9;1-6-4-3-5-8(6)7(2)10-9;1-6-4-3-5-8(6)7(2)9;1-3-8-6-4-5-7(8)2;;/h4,6,11,16-19,22H,3,5,7-10H2,1-2H3;1,6,8,12,14,17-19,21H,4-5,7,9-11H2,2H3;6,8H,2-5H2,1H3;6,8H,3-5,9H2,1-2H3;6,8H,3-5H2,1-2H3;3,7-8H,1,4-6H2,2H3;;1H2/q;;;;;;+1;/p-1/b;;;10-7-;;;;/t16?,17?,18-,19?,20-;14?,17?,18?,19?,20-;3*6-,8?;7-,8?;;/m111111../s1. The van der Waals surface area contributed by atoms with Gasteiger partial charge in [0.05, 0.1) is 0 Å². The van der Waals surface area contributed by atoms with E-state index in [1.165, 1.54) is 154 Å². The Hall–Kier alpha value is -1.78. The summed E-state index contributed by atoms with van der Waals surface area (Å²) in [4.78, 5) is 22.9. The number of phenolic OH excluding ortho intramolecular Hbond substituents is 2. The molecule has 10 aliphatic rings. The summed E-state index contributed by atoms with van der Waals surface area (Å²) in [5, 5.41) is 23.2. The van der Waals surface area contributed by atoms with Gasteiger partial charge in [0, 0.05) is 29.4 Å². The van der Waals surface area contributed by atoms with Crippen LogP contribution in [0.25, 0.3) is 0 Å². The van der Waals surface area contributed by atoms with E-state index >= 15 is 0 Å². The Morgan fingerprint density at radius 1 is 0.642 bits per heavy atom. The van der Waals surface area contributed by atoms with Crippen LogP contribution in [0, 0.1) is 106 Å². The molecule has 444 valence electrons. The summed E-state index contributed by atoms with van der Waals surface area (Å²) >= 11 is 2.37. The number of Topliss-reactive ketones (excluding diaryl/α,β-unsaturated/α-hetero) is 2. The molecule has 0 bridgehead atoms. The largest absolute Gasteiger partial charge is 1.00 e. The van der Waals surface area contributed by atoms with Crippen molar-refractivity contribution in [1.82, 2.24) is 0 Å². The molecule has 2 aromatic carbocycles. The molecule has 7 nitrogen and oxygen atoms in total. The first kappa shape index (κ1) is 70.0. The summed E-state index contributed by atoms with van der Waals surface area (Å²) in [5.41, 5.74) is 7.46. The molecule has 9 heteroatoms. The number of carbonyl (C=O) groups is 2. The Kier molecular flexibility index (Phi) is 27.4. The van der Waals surface area contributed by atoms with Crippen LogP contribution in [0.1, 0.15) is 238 Å². The third-order valence-corrected chi connectivity index (χ3v) is 24.4. The number of nitrogens with zero attached hydrogens (tertiary/aromatic N) is 1.